The maximum atomic E-state index is 12.2. The van der Waals surface area contributed by atoms with Crippen molar-refractivity contribution in [3.63, 3.8) is 0 Å². The Morgan fingerprint density at radius 2 is 2.06 bits per heavy atom. The number of methoxy groups -OCH3 is 1. The first-order chi connectivity index (χ1) is 7.44. The van der Waals surface area contributed by atoms with Gasteiger partial charge in [-0.25, -0.2) is 4.79 Å². The summed E-state index contributed by atoms with van der Waals surface area (Å²) >= 11 is 0. The van der Waals surface area contributed by atoms with Crippen molar-refractivity contribution in [2.24, 2.45) is 5.41 Å². The Hall–Kier alpha value is -1.06. The van der Waals surface area contributed by atoms with Crippen LogP contribution < -0.4 is 0 Å². The minimum absolute atomic E-state index is 0.0582. The third kappa shape index (κ3) is 2.36. The van der Waals surface area contributed by atoms with Crippen molar-refractivity contribution in [3.05, 3.63) is 0 Å². The molecule has 1 unspecified atom stereocenters. The van der Waals surface area contributed by atoms with E-state index >= 15 is 0 Å². The molecular weight excluding hydrogens is 206 g/mol. The molecule has 4 nitrogen and oxygen atoms in total. The Morgan fingerprint density at radius 1 is 1.44 bits per heavy atom. The van der Waals surface area contributed by atoms with E-state index in [0.29, 0.717) is 6.54 Å². The van der Waals surface area contributed by atoms with Crippen LogP contribution in [0.2, 0.25) is 0 Å². The lowest BCUT2D eigenvalue weighted by Gasteiger charge is -2.31. The van der Waals surface area contributed by atoms with Crippen LogP contribution in [0.3, 0.4) is 0 Å². The van der Waals surface area contributed by atoms with Crippen LogP contribution in [0.25, 0.3) is 0 Å². The highest BCUT2D eigenvalue weighted by atomic mass is 16.5. The maximum Gasteiger partial charge on any atom is 0.328 e. The molecule has 0 saturated carbocycles. The van der Waals surface area contributed by atoms with Crippen molar-refractivity contribution in [1.82, 2.24) is 4.90 Å². The molecule has 0 radical (unpaired) electrons. The van der Waals surface area contributed by atoms with Crippen LogP contribution in [0.15, 0.2) is 0 Å². The maximum absolute atomic E-state index is 12.2. The average molecular weight is 227 g/mol. The smallest absolute Gasteiger partial charge is 0.328 e. The first kappa shape index (κ1) is 13.0. The fraction of sp³-hybridized carbons (Fsp3) is 0.833. The van der Waals surface area contributed by atoms with Gasteiger partial charge in [0.15, 0.2) is 0 Å². The minimum Gasteiger partial charge on any atom is -0.467 e. The van der Waals surface area contributed by atoms with E-state index in [0.717, 1.165) is 19.3 Å². The number of rotatable bonds is 3. The monoisotopic (exact) mass is 227 g/mol. The molecule has 0 aromatic rings. The van der Waals surface area contributed by atoms with Gasteiger partial charge in [-0.3, -0.25) is 4.79 Å². The lowest BCUT2D eigenvalue weighted by atomic mass is 9.88. The fourth-order valence-corrected chi connectivity index (χ4v) is 1.93. The molecular formula is C12H21NO3. The molecule has 92 valence electrons. The molecule has 16 heavy (non-hydrogen) atoms. The Balaban J connectivity index is 2.79. The Labute approximate surface area is 96.9 Å². The summed E-state index contributed by atoms with van der Waals surface area (Å²) in [5.41, 5.74) is -0.392. The fourth-order valence-electron chi connectivity index (χ4n) is 1.93. The van der Waals surface area contributed by atoms with Crippen molar-refractivity contribution in [3.8, 4) is 0 Å². The van der Waals surface area contributed by atoms with Gasteiger partial charge >= 0.3 is 5.97 Å². The number of esters is 1. The van der Waals surface area contributed by atoms with Crippen LogP contribution in [0.5, 0.6) is 0 Å². The van der Waals surface area contributed by atoms with Gasteiger partial charge in [0.25, 0.3) is 0 Å². The molecule has 4 heteroatoms. The van der Waals surface area contributed by atoms with E-state index in [-0.39, 0.29) is 17.9 Å². The molecule has 1 aliphatic heterocycles. The second-order valence-corrected chi connectivity index (χ2v) is 4.92. The van der Waals surface area contributed by atoms with E-state index in [2.05, 4.69) is 0 Å². The van der Waals surface area contributed by atoms with Crippen LogP contribution >= 0.6 is 0 Å². The number of hydrogen-bond acceptors (Lipinski definition) is 3. The molecule has 1 rings (SSSR count). The molecule has 0 aromatic carbocycles. The number of carbonyl (C=O) groups excluding carboxylic acids is 2. The molecule has 1 saturated heterocycles. The van der Waals surface area contributed by atoms with Gasteiger partial charge in [-0.1, -0.05) is 20.8 Å². The van der Waals surface area contributed by atoms with E-state index < -0.39 is 5.41 Å². The summed E-state index contributed by atoms with van der Waals surface area (Å²) in [6.45, 7) is 6.49. The Bertz CT molecular complexity index is 286. The molecule has 1 aliphatic rings. The lowest BCUT2D eigenvalue weighted by Crippen LogP contribution is -2.46. The lowest BCUT2D eigenvalue weighted by molar-refractivity contribution is -0.154. The van der Waals surface area contributed by atoms with Crippen LogP contribution in [0.1, 0.15) is 40.0 Å². The van der Waals surface area contributed by atoms with Crippen molar-refractivity contribution in [2.75, 3.05) is 13.7 Å². The van der Waals surface area contributed by atoms with Crippen LogP contribution in [-0.4, -0.2) is 36.5 Å². The highest BCUT2D eigenvalue weighted by Crippen LogP contribution is 2.28. The topological polar surface area (TPSA) is 46.6 Å². The predicted octanol–water partition coefficient (Wildman–Crippen LogP) is 1.59. The number of carbonyl (C=O) groups is 2. The van der Waals surface area contributed by atoms with Gasteiger partial charge in [0.05, 0.1) is 7.11 Å². The number of likely N-dealkylation sites (tertiary alicyclic amines) is 1. The summed E-state index contributed by atoms with van der Waals surface area (Å²) < 4.78 is 4.73. The molecule has 1 fully saturated rings. The predicted molar refractivity (Wildman–Crippen MR) is 60.8 cm³/mol. The summed E-state index contributed by atoms with van der Waals surface area (Å²) in [5.74, 6) is -0.236. The quantitative estimate of drug-likeness (QED) is 0.688. The number of nitrogens with zero attached hydrogens (tertiary/aromatic N) is 1. The largest absolute Gasteiger partial charge is 0.467 e. The van der Waals surface area contributed by atoms with Gasteiger partial charge in [0.2, 0.25) is 5.91 Å². The zero-order valence-electron chi connectivity index (χ0n) is 10.6. The highest BCUT2D eigenvalue weighted by Gasteiger charge is 2.40. The first-order valence-electron chi connectivity index (χ1n) is 5.83. The second-order valence-electron chi connectivity index (χ2n) is 4.92. The van der Waals surface area contributed by atoms with E-state index in [1.807, 2.05) is 20.8 Å². The van der Waals surface area contributed by atoms with Crippen molar-refractivity contribution < 1.29 is 14.3 Å². The summed E-state index contributed by atoms with van der Waals surface area (Å²) in [4.78, 5) is 25.5. The van der Waals surface area contributed by atoms with Crippen LogP contribution in [0.4, 0.5) is 0 Å². The molecule has 0 bridgehead atoms. The van der Waals surface area contributed by atoms with E-state index in [1.165, 1.54) is 7.11 Å². The molecule has 0 spiro atoms. The molecule has 0 aromatic heterocycles. The third-order valence-electron chi connectivity index (χ3n) is 3.45. The van der Waals surface area contributed by atoms with Gasteiger partial charge in [-0.2, -0.15) is 0 Å². The molecule has 0 aliphatic carbocycles. The normalized spacial score (nSPS) is 21.0. The van der Waals surface area contributed by atoms with Crippen molar-refractivity contribution >= 4 is 11.9 Å². The molecule has 1 atom stereocenters. The van der Waals surface area contributed by atoms with Gasteiger partial charge in [-0.05, 0) is 19.3 Å². The molecule has 1 heterocycles. The van der Waals surface area contributed by atoms with Gasteiger partial charge in [0, 0.05) is 12.0 Å². The summed E-state index contributed by atoms with van der Waals surface area (Å²) in [6, 6.07) is -0.372. The number of ether oxygens (including phenoxy) is 1. The minimum atomic E-state index is -0.392. The number of hydrogen-bond donors (Lipinski definition) is 0. The van der Waals surface area contributed by atoms with Gasteiger partial charge in [-0.15, -0.1) is 0 Å². The van der Waals surface area contributed by atoms with Crippen molar-refractivity contribution in [2.45, 2.75) is 46.1 Å². The third-order valence-corrected chi connectivity index (χ3v) is 3.45. The van der Waals surface area contributed by atoms with Crippen molar-refractivity contribution in [1.29, 1.82) is 0 Å². The Morgan fingerprint density at radius 3 is 2.56 bits per heavy atom. The zero-order chi connectivity index (χ0) is 12.3. The summed E-state index contributed by atoms with van der Waals surface area (Å²) in [6.07, 6.45) is 2.37. The number of amides is 1. The zero-order valence-corrected chi connectivity index (χ0v) is 10.6. The van der Waals surface area contributed by atoms with Gasteiger partial charge in [0.1, 0.15) is 6.04 Å². The molecule has 1 amide bonds. The highest BCUT2D eigenvalue weighted by molar-refractivity contribution is 5.88. The van der Waals surface area contributed by atoms with Gasteiger partial charge < -0.3 is 9.64 Å². The Kier molecular flexibility index (Phi) is 3.94. The summed E-state index contributed by atoms with van der Waals surface area (Å²) in [5, 5.41) is 0. The summed E-state index contributed by atoms with van der Waals surface area (Å²) in [7, 11) is 1.37. The first-order valence-corrected chi connectivity index (χ1v) is 5.83. The standard InChI is InChI=1S/C12H21NO3/c1-5-12(2,3)11(15)13-8-6-7-9(13)10(14)16-4/h9H,5-8H2,1-4H3. The average Bonchev–Trinajstić information content (AvgIpc) is 2.75. The van der Waals surface area contributed by atoms with Crippen LogP contribution in [0, 0.1) is 5.41 Å². The molecule has 0 N–H and O–H groups in total. The second kappa shape index (κ2) is 4.85. The van der Waals surface area contributed by atoms with E-state index in [9.17, 15) is 9.59 Å². The van der Waals surface area contributed by atoms with Crippen LogP contribution in [-0.2, 0) is 14.3 Å². The van der Waals surface area contributed by atoms with E-state index in [1.54, 1.807) is 4.90 Å². The van der Waals surface area contributed by atoms with E-state index in [4.69, 9.17) is 4.74 Å². The SMILES string of the molecule is CCC(C)(C)C(=O)N1CCCC1C(=O)OC.